The van der Waals surface area contributed by atoms with Gasteiger partial charge in [-0.3, -0.25) is 4.79 Å². The zero-order chi connectivity index (χ0) is 14.5. The first-order valence-corrected chi connectivity index (χ1v) is 6.30. The lowest BCUT2D eigenvalue weighted by Crippen LogP contribution is -2.22. The van der Waals surface area contributed by atoms with Crippen molar-refractivity contribution in [2.75, 3.05) is 26.9 Å². The molecule has 6 heteroatoms. The Labute approximate surface area is 116 Å². The van der Waals surface area contributed by atoms with Crippen LogP contribution >= 0.6 is 0 Å². The molecule has 0 amide bonds. The highest BCUT2D eigenvalue weighted by Crippen LogP contribution is 2.36. The van der Waals surface area contributed by atoms with Crippen molar-refractivity contribution in [3.8, 4) is 11.5 Å². The number of rotatable bonds is 5. The third kappa shape index (κ3) is 2.75. The van der Waals surface area contributed by atoms with Crippen LogP contribution in [0.3, 0.4) is 0 Å². The summed E-state index contributed by atoms with van der Waals surface area (Å²) < 4.78 is 20.8. The van der Waals surface area contributed by atoms with Crippen LogP contribution in [0.25, 0.3) is 0 Å². The Kier molecular flexibility index (Phi) is 4.57. The van der Waals surface area contributed by atoms with Gasteiger partial charge in [0.2, 0.25) is 0 Å². The minimum Gasteiger partial charge on any atom is -0.486 e. The van der Waals surface area contributed by atoms with E-state index in [0.717, 1.165) is 0 Å². The Morgan fingerprint density at radius 2 is 2.00 bits per heavy atom. The zero-order valence-corrected chi connectivity index (χ0v) is 11.4. The summed E-state index contributed by atoms with van der Waals surface area (Å²) in [7, 11) is 1.50. The molecule has 2 rings (SSSR count). The second-order valence-electron chi connectivity index (χ2n) is 4.10. The normalized spacial score (nSPS) is 12.9. The molecular formula is C14H16O6. The van der Waals surface area contributed by atoms with Gasteiger partial charge in [-0.2, -0.15) is 0 Å². The fourth-order valence-electron chi connectivity index (χ4n) is 1.98. The van der Waals surface area contributed by atoms with Crippen molar-refractivity contribution in [3.63, 3.8) is 0 Å². The molecule has 0 N–H and O–H groups in total. The van der Waals surface area contributed by atoms with E-state index in [1.807, 2.05) is 0 Å². The molecule has 1 aliphatic heterocycles. The van der Waals surface area contributed by atoms with Crippen LogP contribution in [0.15, 0.2) is 12.1 Å². The van der Waals surface area contributed by atoms with Crippen molar-refractivity contribution < 1.29 is 28.5 Å². The molecule has 0 bridgehead atoms. The van der Waals surface area contributed by atoms with Crippen LogP contribution in [0.5, 0.6) is 11.5 Å². The number of ether oxygens (including phenoxy) is 4. The number of Topliss-reactive ketones (excluding diaryl/α,β-unsaturated/α-hetero) is 1. The summed E-state index contributed by atoms with van der Waals surface area (Å²) >= 11 is 0. The van der Waals surface area contributed by atoms with Crippen molar-refractivity contribution in [1.29, 1.82) is 0 Å². The maximum absolute atomic E-state index is 12.1. The molecule has 108 valence electrons. The maximum atomic E-state index is 12.1. The molecule has 1 heterocycles. The van der Waals surface area contributed by atoms with Gasteiger partial charge in [-0.25, -0.2) is 4.79 Å². The molecule has 0 aromatic heterocycles. The average molecular weight is 280 g/mol. The van der Waals surface area contributed by atoms with Crippen LogP contribution in [0.2, 0.25) is 0 Å². The van der Waals surface area contributed by atoms with Gasteiger partial charge >= 0.3 is 5.97 Å². The van der Waals surface area contributed by atoms with E-state index < -0.39 is 11.8 Å². The molecule has 0 aliphatic carbocycles. The second kappa shape index (κ2) is 6.38. The molecule has 0 unspecified atom stereocenters. The predicted octanol–water partition coefficient (Wildman–Crippen LogP) is 1.35. The molecule has 0 atom stereocenters. The molecule has 0 fully saturated rings. The minimum absolute atomic E-state index is 0.146. The van der Waals surface area contributed by atoms with E-state index >= 15 is 0 Å². The summed E-state index contributed by atoms with van der Waals surface area (Å²) in [4.78, 5) is 23.7. The van der Waals surface area contributed by atoms with E-state index in [-0.39, 0.29) is 18.8 Å². The number of hydrogen-bond donors (Lipinski definition) is 0. The van der Waals surface area contributed by atoms with Crippen molar-refractivity contribution in [2.45, 2.75) is 13.5 Å². The topological polar surface area (TPSA) is 71.1 Å². The van der Waals surface area contributed by atoms with E-state index in [0.29, 0.717) is 30.3 Å². The lowest BCUT2D eigenvalue weighted by Gasteiger charge is -2.22. The molecule has 0 spiro atoms. The van der Waals surface area contributed by atoms with Gasteiger partial charge in [0.1, 0.15) is 13.2 Å². The highest BCUT2D eigenvalue weighted by atomic mass is 16.6. The molecular weight excluding hydrogens is 264 g/mol. The SMILES string of the molecule is CCOC(=O)C(=O)c1ccc2c(c1COC)OCCO2. The van der Waals surface area contributed by atoms with Gasteiger partial charge in [0.25, 0.3) is 5.78 Å². The van der Waals surface area contributed by atoms with Gasteiger partial charge in [0, 0.05) is 18.2 Å². The van der Waals surface area contributed by atoms with Crippen LogP contribution in [0, 0.1) is 0 Å². The first-order chi connectivity index (χ1) is 9.69. The van der Waals surface area contributed by atoms with Gasteiger partial charge in [-0.05, 0) is 19.1 Å². The number of benzene rings is 1. The smallest absolute Gasteiger partial charge is 0.379 e. The molecule has 1 aromatic rings. The molecule has 6 nitrogen and oxygen atoms in total. The Morgan fingerprint density at radius 3 is 2.70 bits per heavy atom. The molecule has 0 saturated heterocycles. The van der Waals surface area contributed by atoms with Crippen LogP contribution < -0.4 is 9.47 Å². The highest BCUT2D eigenvalue weighted by Gasteiger charge is 2.26. The van der Waals surface area contributed by atoms with Crippen molar-refractivity contribution in [3.05, 3.63) is 23.3 Å². The molecule has 0 radical (unpaired) electrons. The summed E-state index contributed by atoms with van der Waals surface area (Å²) in [6.07, 6.45) is 0. The average Bonchev–Trinajstić information content (AvgIpc) is 2.47. The van der Waals surface area contributed by atoms with E-state index in [1.54, 1.807) is 13.0 Å². The van der Waals surface area contributed by atoms with E-state index in [4.69, 9.17) is 18.9 Å². The number of ketones is 1. The van der Waals surface area contributed by atoms with Crippen molar-refractivity contribution in [2.24, 2.45) is 0 Å². The van der Waals surface area contributed by atoms with Crippen molar-refractivity contribution in [1.82, 2.24) is 0 Å². The lowest BCUT2D eigenvalue weighted by atomic mass is 10.0. The van der Waals surface area contributed by atoms with Crippen LogP contribution in [-0.4, -0.2) is 38.7 Å². The predicted molar refractivity (Wildman–Crippen MR) is 69.1 cm³/mol. The molecule has 1 aromatic carbocycles. The van der Waals surface area contributed by atoms with E-state index in [9.17, 15) is 9.59 Å². The summed E-state index contributed by atoms with van der Waals surface area (Å²) in [5.74, 6) is -0.602. The van der Waals surface area contributed by atoms with Gasteiger partial charge in [-0.15, -0.1) is 0 Å². The third-order valence-electron chi connectivity index (χ3n) is 2.81. The highest BCUT2D eigenvalue weighted by molar-refractivity contribution is 6.41. The number of hydrogen-bond acceptors (Lipinski definition) is 6. The molecule has 1 aliphatic rings. The van der Waals surface area contributed by atoms with Gasteiger partial charge in [-0.1, -0.05) is 0 Å². The zero-order valence-electron chi connectivity index (χ0n) is 11.4. The van der Waals surface area contributed by atoms with E-state index in [1.165, 1.54) is 13.2 Å². The summed E-state index contributed by atoms with van der Waals surface area (Å²) in [6.45, 7) is 2.78. The Hall–Kier alpha value is -2.08. The number of methoxy groups -OCH3 is 1. The fraction of sp³-hybridized carbons (Fsp3) is 0.429. The lowest BCUT2D eigenvalue weighted by molar-refractivity contribution is -0.137. The summed E-state index contributed by atoms with van der Waals surface area (Å²) in [5, 5.41) is 0. The summed E-state index contributed by atoms with van der Waals surface area (Å²) in [6, 6.07) is 3.14. The van der Waals surface area contributed by atoms with Gasteiger partial charge in [0.15, 0.2) is 11.5 Å². The van der Waals surface area contributed by atoms with Crippen molar-refractivity contribution >= 4 is 11.8 Å². The fourth-order valence-corrected chi connectivity index (χ4v) is 1.98. The van der Waals surface area contributed by atoms with Gasteiger partial charge in [0.05, 0.1) is 13.2 Å². The van der Waals surface area contributed by atoms with Crippen LogP contribution in [-0.2, 0) is 20.9 Å². The molecule has 20 heavy (non-hydrogen) atoms. The quantitative estimate of drug-likeness (QED) is 0.460. The monoisotopic (exact) mass is 280 g/mol. The number of esters is 1. The van der Waals surface area contributed by atoms with Crippen LogP contribution in [0.1, 0.15) is 22.8 Å². The minimum atomic E-state index is -0.887. The Balaban J connectivity index is 2.42. The maximum Gasteiger partial charge on any atom is 0.379 e. The first kappa shape index (κ1) is 14.3. The Morgan fingerprint density at radius 1 is 1.25 bits per heavy atom. The Bertz CT molecular complexity index is 523. The molecule has 0 saturated carbocycles. The first-order valence-electron chi connectivity index (χ1n) is 6.30. The number of carbonyl (C=O) groups is 2. The second-order valence-corrected chi connectivity index (χ2v) is 4.10. The number of fused-ring (bicyclic) bond motifs is 1. The van der Waals surface area contributed by atoms with Crippen LogP contribution in [0.4, 0.5) is 0 Å². The standard InChI is InChI=1S/C14H16O6/c1-3-18-14(16)12(15)9-4-5-11-13(10(9)8-17-2)20-7-6-19-11/h4-5H,3,6-8H2,1-2H3. The largest absolute Gasteiger partial charge is 0.486 e. The van der Waals surface area contributed by atoms with E-state index in [2.05, 4.69) is 0 Å². The van der Waals surface area contributed by atoms with Gasteiger partial charge < -0.3 is 18.9 Å². The number of carbonyl (C=O) groups excluding carboxylic acids is 2. The third-order valence-corrected chi connectivity index (χ3v) is 2.81. The summed E-state index contributed by atoms with van der Waals surface area (Å²) in [5.41, 5.74) is 0.720.